The lowest BCUT2D eigenvalue weighted by Gasteiger charge is -2.45. The number of ether oxygens (including phenoxy) is 1. The summed E-state index contributed by atoms with van der Waals surface area (Å²) < 4.78 is 5.63. The zero-order valence-electron chi connectivity index (χ0n) is 17.5. The van der Waals surface area contributed by atoms with Crippen molar-refractivity contribution in [2.24, 2.45) is 4.99 Å². The molecule has 5 rings (SSSR count). The summed E-state index contributed by atoms with van der Waals surface area (Å²) in [6, 6.07) is 24.0. The molecule has 0 saturated carbocycles. The van der Waals surface area contributed by atoms with Crippen LogP contribution in [0.25, 0.3) is 10.8 Å². The van der Waals surface area contributed by atoms with Crippen LogP contribution in [0.15, 0.2) is 95.0 Å². The summed E-state index contributed by atoms with van der Waals surface area (Å²) in [6.07, 6.45) is 7.84. The van der Waals surface area contributed by atoms with Gasteiger partial charge in [-0.1, -0.05) is 60.2 Å². The first-order valence-corrected chi connectivity index (χ1v) is 11.2. The van der Waals surface area contributed by atoms with Gasteiger partial charge in [0.05, 0.1) is 18.7 Å². The lowest BCUT2D eigenvalue weighted by atomic mass is 9.90. The van der Waals surface area contributed by atoms with Crippen LogP contribution in [-0.4, -0.2) is 18.5 Å². The maximum atomic E-state index is 6.09. The summed E-state index contributed by atoms with van der Waals surface area (Å²) in [5.74, 6) is 2.01. The van der Waals surface area contributed by atoms with E-state index in [-0.39, 0.29) is 12.1 Å². The van der Waals surface area contributed by atoms with Gasteiger partial charge in [0.1, 0.15) is 11.6 Å². The molecule has 1 aliphatic heterocycles. The summed E-state index contributed by atoms with van der Waals surface area (Å²) >= 11 is 6.09. The Morgan fingerprint density at radius 2 is 1.84 bits per heavy atom. The van der Waals surface area contributed by atoms with Gasteiger partial charge in [-0.3, -0.25) is 4.99 Å². The summed E-state index contributed by atoms with van der Waals surface area (Å²) in [4.78, 5) is 7.41. The third-order valence-electron chi connectivity index (χ3n) is 5.90. The predicted molar refractivity (Wildman–Crippen MR) is 130 cm³/mol. The number of hydrogen-bond acceptors (Lipinski definition) is 2. The minimum atomic E-state index is 0.139. The number of rotatable bonds is 5. The molecule has 0 aromatic heterocycles. The highest BCUT2D eigenvalue weighted by molar-refractivity contribution is 6.31. The van der Waals surface area contributed by atoms with Crippen LogP contribution in [0.1, 0.15) is 31.4 Å². The zero-order chi connectivity index (χ0) is 21.2. The Morgan fingerprint density at radius 1 is 1.03 bits per heavy atom. The Morgan fingerprint density at radius 3 is 2.58 bits per heavy atom. The van der Waals surface area contributed by atoms with E-state index >= 15 is 0 Å². The fourth-order valence-electron chi connectivity index (χ4n) is 4.30. The van der Waals surface area contributed by atoms with Gasteiger partial charge in [0.2, 0.25) is 0 Å². The van der Waals surface area contributed by atoms with E-state index in [1.807, 2.05) is 31.2 Å². The topological polar surface area (TPSA) is 24.8 Å². The van der Waals surface area contributed by atoms with Crippen LogP contribution in [-0.2, 0) is 0 Å². The number of aliphatic imine (C=N–C) groups is 1. The standard InChI is InChI=1S/C27H25ClN2O/c1-2-31-25-15-13-24(14-16-25)30-26(18-27(30)29-23-11-9-22(28)10-12-23)21-8-7-19-5-3-4-6-20(19)17-21/h3-11,13-17,23,26H,2,12,18H2,1H3/b29-27+. The second-order valence-electron chi connectivity index (χ2n) is 7.92. The van der Waals surface area contributed by atoms with E-state index in [2.05, 4.69) is 65.6 Å². The highest BCUT2D eigenvalue weighted by Gasteiger charge is 2.37. The Balaban J connectivity index is 1.47. The highest BCUT2D eigenvalue weighted by atomic mass is 35.5. The van der Waals surface area contributed by atoms with Gasteiger partial charge in [-0.15, -0.1) is 0 Å². The first-order valence-electron chi connectivity index (χ1n) is 10.8. The fraction of sp³-hybridized carbons (Fsp3) is 0.222. The molecule has 0 radical (unpaired) electrons. The average Bonchev–Trinajstić information content (AvgIpc) is 2.79. The third-order valence-corrected chi connectivity index (χ3v) is 6.18. The molecular formula is C27H25ClN2O. The second-order valence-corrected chi connectivity index (χ2v) is 8.36. The molecule has 2 atom stereocenters. The van der Waals surface area contributed by atoms with Gasteiger partial charge < -0.3 is 9.64 Å². The molecule has 0 N–H and O–H groups in total. The maximum Gasteiger partial charge on any atom is 0.119 e. The van der Waals surface area contributed by atoms with Crippen molar-refractivity contribution < 1.29 is 4.74 Å². The zero-order valence-corrected chi connectivity index (χ0v) is 18.3. The summed E-state index contributed by atoms with van der Waals surface area (Å²) in [7, 11) is 0. The van der Waals surface area contributed by atoms with E-state index in [0.717, 1.165) is 35.1 Å². The van der Waals surface area contributed by atoms with E-state index in [1.165, 1.54) is 16.3 Å². The molecule has 4 heteroatoms. The van der Waals surface area contributed by atoms with E-state index in [9.17, 15) is 0 Å². The SMILES string of the molecule is CCOc1ccc(N2/C(=N/C3C=CC(Cl)=CC3)CC2c2ccc3ccccc3c2)cc1. The molecule has 0 amide bonds. The molecule has 1 saturated heterocycles. The van der Waals surface area contributed by atoms with Gasteiger partial charge >= 0.3 is 0 Å². The maximum absolute atomic E-state index is 6.09. The van der Waals surface area contributed by atoms with Gasteiger partial charge in [0, 0.05) is 17.1 Å². The van der Waals surface area contributed by atoms with Gasteiger partial charge in [-0.25, -0.2) is 0 Å². The summed E-state index contributed by atoms with van der Waals surface area (Å²) in [5.41, 5.74) is 2.45. The van der Waals surface area contributed by atoms with Crippen molar-refractivity contribution in [3.8, 4) is 5.75 Å². The predicted octanol–water partition coefficient (Wildman–Crippen LogP) is 7.04. The summed E-state index contributed by atoms with van der Waals surface area (Å²) in [6.45, 7) is 2.67. The van der Waals surface area contributed by atoms with Crippen molar-refractivity contribution >= 4 is 33.9 Å². The minimum absolute atomic E-state index is 0.139. The molecule has 1 heterocycles. The lowest BCUT2D eigenvalue weighted by Crippen LogP contribution is -2.47. The number of halogens is 1. The quantitative estimate of drug-likeness (QED) is 0.435. The van der Waals surface area contributed by atoms with Gasteiger partial charge in [0.15, 0.2) is 0 Å². The number of fused-ring (bicyclic) bond motifs is 1. The Hall–Kier alpha value is -3.04. The number of nitrogens with zero attached hydrogens (tertiary/aromatic N) is 2. The Labute approximate surface area is 188 Å². The van der Waals surface area contributed by atoms with E-state index in [1.54, 1.807) is 0 Å². The molecule has 2 aliphatic rings. The molecule has 3 nitrogen and oxygen atoms in total. The van der Waals surface area contributed by atoms with Crippen LogP contribution in [0.4, 0.5) is 5.69 Å². The largest absolute Gasteiger partial charge is 0.494 e. The first-order chi connectivity index (χ1) is 15.2. The molecule has 1 aliphatic carbocycles. The lowest BCUT2D eigenvalue weighted by molar-refractivity contribution is 0.340. The molecule has 0 spiro atoms. The Kier molecular flexibility index (Phi) is 5.52. The van der Waals surface area contributed by atoms with Crippen molar-refractivity contribution in [1.29, 1.82) is 0 Å². The highest BCUT2D eigenvalue weighted by Crippen LogP contribution is 2.41. The van der Waals surface area contributed by atoms with Crippen molar-refractivity contribution in [3.05, 3.63) is 95.6 Å². The molecule has 156 valence electrons. The van der Waals surface area contributed by atoms with E-state index in [0.29, 0.717) is 6.61 Å². The third kappa shape index (κ3) is 4.11. The van der Waals surface area contributed by atoms with Gasteiger partial charge in [0.25, 0.3) is 0 Å². The number of anilines is 1. The van der Waals surface area contributed by atoms with E-state index in [4.69, 9.17) is 21.3 Å². The molecule has 1 fully saturated rings. The normalized spacial score (nSPS) is 21.8. The van der Waals surface area contributed by atoms with Crippen molar-refractivity contribution in [1.82, 2.24) is 0 Å². The van der Waals surface area contributed by atoms with Crippen molar-refractivity contribution in [2.45, 2.75) is 31.8 Å². The molecule has 3 aromatic rings. The average molecular weight is 429 g/mol. The molecular weight excluding hydrogens is 404 g/mol. The first kappa shape index (κ1) is 19.9. The van der Waals surface area contributed by atoms with Crippen LogP contribution >= 0.6 is 11.6 Å². The molecule has 31 heavy (non-hydrogen) atoms. The minimum Gasteiger partial charge on any atom is -0.494 e. The summed E-state index contributed by atoms with van der Waals surface area (Å²) in [5, 5.41) is 3.33. The number of allylic oxidation sites excluding steroid dienone is 2. The monoisotopic (exact) mass is 428 g/mol. The second kappa shape index (κ2) is 8.60. The van der Waals surface area contributed by atoms with Crippen molar-refractivity contribution in [3.63, 3.8) is 0 Å². The number of hydrogen-bond donors (Lipinski definition) is 0. The number of benzene rings is 3. The Bertz CT molecular complexity index is 1180. The van der Waals surface area contributed by atoms with Crippen LogP contribution in [0.3, 0.4) is 0 Å². The van der Waals surface area contributed by atoms with Gasteiger partial charge in [-0.05, 0) is 66.1 Å². The van der Waals surface area contributed by atoms with Gasteiger partial charge in [-0.2, -0.15) is 0 Å². The van der Waals surface area contributed by atoms with E-state index < -0.39 is 0 Å². The fourth-order valence-corrected chi connectivity index (χ4v) is 4.46. The number of amidine groups is 1. The van der Waals surface area contributed by atoms with Crippen molar-refractivity contribution in [2.75, 3.05) is 11.5 Å². The van der Waals surface area contributed by atoms with Crippen LogP contribution < -0.4 is 9.64 Å². The molecule has 3 aromatic carbocycles. The van der Waals surface area contributed by atoms with Crippen LogP contribution in [0, 0.1) is 0 Å². The molecule has 2 unspecified atom stereocenters. The molecule has 0 bridgehead atoms. The smallest absolute Gasteiger partial charge is 0.119 e. The van der Waals surface area contributed by atoms with Crippen LogP contribution in [0.5, 0.6) is 5.75 Å². The van der Waals surface area contributed by atoms with Crippen LogP contribution in [0.2, 0.25) is 0 Å².